The van der Waals surface area contributed by atoms with E-state index in [1.807, 2.05) is 6.07 Å². The predicted octanol–water partition coefficient (Wildman–Crippen LogP) is 3.45. The summed E-state index contributed by atoms with van der Waals surface area (Å²) in [7, 11) is 0. The lowest BCUT2D eigenvalue weighted by Crippen LogP contribution is -2.11. The maximum atomic E-state index is 12.0. The molecule has 1 heterocycles. The van der Waals surface area contributed by atoms with Crippen molar-refractivity contribution in [3.63, 3.8) is 0 Å². The van der Waals surface area contributed by atoms with Crippen LogP contribution in [0.1, 0.15) is 15.9 Å². The molecule has 3 rings (SSSR count). The normalized spacial score (nSPS) is 10.7. The maximum Gasteiger partial charge on any atom is 0.270 e. The first-order valence-electron chi connectivity index (χ1n) is 7.10. The number of nitrogens with zero attached hydrogens (tertiary/aromatic N) is 4. The molecule has 9 heteroatoms. The van der Waals surface area contributed by atoms with E-state index in [-0.39, 0.29) is 11.6 Å². The molecule has 0 saturated carbocycles. The molecule has 2 aromatic carbocycles. The molecule has 0 aliphatic carbocycles. The van der Waals surface area contributed by atoms with E-state index < -0.39 is 4.92 Å². The number of nitro groups is 1. The third-order valence-electron chi connectivity index (χ3n) is 3.08. The zero-order valence-electron chi connectivity index (χ0n) is 12.7. The number of aromatic nitrogens is 2. The first-order valence-corrected chi connectivity index (χ1v) is 7.92. The highest BCUT2D eigenvalue weighted by atomic mass is 32.1. The Hall–Kier alpha value is -3.46. The Morgan fingerprint density at radius 1 is 1.16 bits per heavy atom. The van der Waals surface area contributed by atoms with E-state index in [1.54, 1.807) is 36.4 Å². The average Bonchev–Trinajstić information content (AvgIpc) is 3.08. The fraction of sp³-hybridized carbons (Fsp3) is 0. The predicted molar refractivity (Wildman–Crippen MR) is 94.7 cm³/mol. The highest BCUT2D eigenvalue weighted by molar-refractivity contribution is 7.18. The largest absolute Gasteiger partial charge is 0.296 e. The number of anilines is 1. The minimum atomic E-state index is -0.473. The van der Waals surface area contributed by atoms with E-state index in [0.717, 1.165) is 11.3 Å². The van der Waals surface area contributed by atoms with Crippen LogP contribution in [-0.2, 0) is 0 Å². The molecule has 0 atom stereocenters. The zero-order chi connectivity index (χ0) is 17.6. The van der Waals surface area contributed by atoms with Crippen molar-refractivity contribution in [1.82, 2.24) is 10.2 Å². The number of rotatable bonds is 5. The lowest BCUT2D eigenvalue weighted by molar-refractivity contribution is -0.384. The summed E-state index contributed by atoms with van der Waals surface area (Å²) in [5.74, 6) is -0.286. The van der Waals surface area contributed by atoms with Gasteiger partial charge >= 0.3 is 0 Å². The van der Waals surface area contributed by atoms with Crippen molar-refractivity contribution < 1.29 is 9.72 Å². The minimum Gasteiger partial charge on any atom is -0.296 e. The molecule has 0 aliphatic heterocycles. The van der Waals surface area contributed by atoms with Crippen LogP contribution in [0.2, 0.25) is 0 Å². The van der Waals surface area contributed by atoms with E-state index in [9.17, 15) is 14.9 Å². The standard InChI is InChI=1S/C16H11N5O3S/c22-14(12-6-2-1-3-7-12)18-16-20-19-15(25-16)17-10-11-5-4-8-13(9-11)21(23)24/h1-10H,(H,18,20,22). The molecule has 0 bridgehead atoms. The van der Waals surface area contributed by atoms with Gasteiger partial charge < -0.3 is 0 Å². The van der Waals surface area contributed by atoms with E-state index in [4.69, 9.17) is 0 Å². The summed E-state index contributed by atoms with van der Waals surface area (Å²) in [6, 6.07) is 14.8. The average molecular weight is 353 g/mol. The number of benzene rings is 2. The van der Waals surface area contributed by atoms with Crippen molar-refractivity contribution in [3.05, 3.63) is 75.8 Å². The number of aliphatic imine (C=N–C) groups is 1. The van der Waals surface area contributed by atoms with Gasteiger partial charge in [-0.15, -0.1) is 10.2 Å². The van der Waals surface area contributed by atoms with Crippen LogP contribution in [0, 0.1) is 10.1 Å². The monoisotopic (exact) mass is 353 g/mol. The molecule has 0 saturated heterocycles. The first-order chi connectivity index (χ1) is 12.1. The van der Waals surface area contributed by atoms with Gasteiger partial charge in [-0.25, -0.2) is 4.99 Å². The molecule has 8 nitrogen and oxygen atoms in total. The summed E-state index contributed by atoms with van der Waals surface area (Å²) in [5.41, 5.74) is 1.07. The fourth-order valence-electron chi connectivity index (χ4n) is 1.93. The highest BCUT2D eigenvalue weighted by Gasteiger charge is 2.09. The Kier molecular flexibility index (Phi) is 4.86. The number of hydrogen-bond donors (Lipinski definition) is 1. The number of non-ortho nitro benzene ring substituents is 1. The SMILES string of the molecule is O=C(Nc1nnc(N=Cc2cccc([N+](=O)[O-])c2)s1)c1ccccc1. The second kappa shape index (κ2) is 7.41. The summed E-state index contributed by atoms with van der Waals surface area (Å²) >= 11 is 1.10. The van der Waals surface area contributed by atoms with Crippen LogP contribution in [0.5, 0.6) is 0 Å². The second-order valence-electron chi connectivity index (χ2n) is 4.82. The van der Waals surface area contributed by atoms with Crippen LogP contribution in [0.25, 0.3) is 0 Å². The molecule has 1 N–H and O–H groups in total. The summed E-state index contributed by atoms with van der Waals surface area (Å²) in [5, 5.41) is 21.8. The molecule has 3 aromatic rings. The molecule has 124 valence electrons. The number of amides is 1. The third kappa shape index (κ3) is 4.30. The van der Waals surface area contributed by atoms with Crippen LogP contribution in [-0.4, -0.2) is 27.2 Å². The van der Waals surface area contributed by atoms with Crippen molar-refractivity contribution in [1.29, 1.82) is 0 Å². The van der Waals surface area contributed by atoms with Crippen LogP contribution in [0.4, 0.5) is 16.0 Å². The molecule has 0 spiro atoms. The summed E-state index contributed by atoms with van der Waals surface area (Å²) in [6.07, 6.45) is 1.45. The Balaban J connectivity index is 1.68. The van der Waals surface area contributed by atoms with Crippen LogP contribution in [0.15, 0.2) is 59.6 Å². The molecule has 0 fully saturated rings. The lowest BCUT2D eigenvalue weighted by Gasteiger charge is -1.99. The number of carbonyl (C=O) groups excluding carboxylic acids is 1. The Bertz CT molecular complexity index is 940. The van der Waals surface area contributed by atoms with Crippen LogP contribution in [0.3, 0.4) is 0 Å². The van der Waals surface area contributed by atoms with E-state index >= 15 is 0 Å². The van der Waals surface area contributed by atoms with Crippen LogP contribution >= 0.6 is 11.3 Å². The maximum absolute atomic E-state index is 12.0. The lowest BCUT2D eigenvalue weighted by atomic mass is 10.2. The number of nitro benzene ring substituents is 1. The zero-order valence-corrected chi connectivity index (χ0v) is 13.5. The third-order valence-corrected chi connectivity index (χ3v) is 3.82. The van der Waals surface area contributed by atoms with E-state index in [1.165, 1.54) is 18.3 Å². The highest BCUT2D eigenvalue weighted by Crippen LogP contribution is 2.23. The van der Waals surface area contributed by atoms with E-state index in [0.29, 0.717) is 21.4 Å². The van der Waals surface area contributed by atoms with Gasteiger partial charge in [0.25, 0.3) is 11.6 Å². The van der Waals surface area contributed by atoms with Crippen LogP contribution < -0.4 is 5.32 Å². The molecule has 0 unspecified atom stereocenters. The van der Waals surface area contributed by atoms with Gasteiger partial charge in [0, 0.05) is 23.9 Å². The molecular weight excluding hydrogens is 342 g/mol. The van der Waals surface area contributed by atoms with Crippen molar-refractivity contribution in [2.45, 2.75) is 0 Å². The van der Waals surface area contributed by atoms with Gasteiger partial charge in [0.1, 0.15) is 0 Å². The molecule has 0 radical (unpaired) electrons. The van der Waals surface area contributed by atoms with E-state index in [2.05, 4.69) is 20.5 Å². The number of carbonyl (C=O) groups is 1. The van der Waals surface area contributed by atoms with Crippen molar-refractivity contribution >= 4 is 39.4 Å². The van der Waals surface area contributed by atoms with Crippen molar-refractivity contribution in [2.24, 2.45) is 4.99 Å². The topological polar surface area (TPSA) is 110 Å². The summed E-state index contributed by atoms with van der Waals surface area (Å²) in [4.78, 5) is 26.4. The van der Waals surface area contributed by atoms with Crippen molar-refractivity contribution in [2.75, 3.05) is 5.32 Å². The summed E-state index contributed by atoms with van der Waals surface area (Å²) < 4.78 is 0. The Labute approximate surface area is 146 Å². The number of hydrogen-bond acceptors (Lipinski definition) is 7. The molecule has 1 amide bonds. The van der Waals surface area contributed by atoms with Gasteiger partial charge in [0.2, 0.25) is 10.3 Å². The first kappa shape index (κ1) is 16.4. The smallest absolute Gasteiger partial charge is 0.270 e. The Morgan fingerprint density at radius 2 is 1.96 bits per heavy atom. The van der Waals surface area contributed by atoms with Gasteiger partial charge in [0.15, 0.2) is 0 Å². The second-order valence-corrected chi connectivity index (χ2v) is 5.78. The minimum absolute atomic E-state index is 0.0166. The number of nitrogens with one attached hydrogen (secondary N) is 1. The van der Waals surface area contributed by atoms with Gasteiger partial charge in [-0.3, -0.25) is 20.2 Å². The molecule has 0 aliphatic rings. The summed E-state index contributed by atoms with van der Waals surface area (Å²) in [6.45, 7) is 0. The van der Waals surface area contributed by atoms with Gasteiger partial charge in [0.05, 0.1) is 4.92 Å². The Morgan fingerprint density at radius 3 is 2.72 bits per heavy atom. The van der Waals surface area contributed by atoms with Gasteiger partial charge in [-0.05, 0) is 17.7 Å². The van der Waals surface area contributed by atoms with Crippen molar-refractivity contribution in [3.8, 4) is 0 Å². The van der Waals surface area contributed by atoms with Gasteiger partial charge in [-0.1, -0.05) is 41.7 Å². The quantitative estimate of drug-likeness (QED) is 0.429. The fourth-order valence-corrected chi connectivity index (χ4v) is 2.51. The molecular formula is C16H11N5O3S. The molecule has 1 aromatic heterocycles. The van der Waals surface area contributed by atoms with Gasteiger partial charge in [-0.2, -0.15) is 0 Å². The molecule has 25 heavy (non-hydrogen) atoms.